The first-order valence-electron chi connectivity index (χ1n) is 6.34. The second kappa shape index (κ2) is 5.23. The molecule has 0 aliphatic carbocycles. The fraction of sp³-hybridized carbons (Fsp3) is 0.231. The van der Waals surface area contributed by atoms with Gasteiger partial charge in [0, 0.05) is 5.69 Å². The molecule has 3 rings (SSSR count). The van der Waals surface area contributed by atoms with E-state index in [-0.39, 0.29) is 12.4 Å². The molecule has 8 heteroatoms. The minimum absolute atomic E-state index is 0.121. The van der Waals surface area contributed by atoms with Gasteiger partial charge in [0.15, 0.2) is 12.6 Å². The lowest BCUT2D eigenvalue weighted by atomic mass is 10.3. The van der Waals surface area contributed by atoms with Gasteiger partial charge in [-0.15, -0.1) is 4.68 Å². The summed E-state index contributed by atoms with van der Waals surface area (Å²) < 4.78 is 6.47. The van der Waals surface area contributed by atoms with Gasteiger partial charge >= 0.3 is 11.9 Å². The Labute approximate surface area is 119 Å². The van der Waals surface area contributed by atoms with Crippen LogP contribution >= 0.6 is 0 Å². The highest BCUT2D eigenvalue weighted by Crippen LogP contribution is 2.22. The molecule has 1 fully saturated rings. The molecule has 0 N–H and O–H groups in total. The number of cyclic esters (lactones) is 1. The van der Waals surface area contributed by atoms with Gasteiger partial charge in [-0.25, -0.2) is 4.79 Å². The van der Waals surface area contributed by atoms with Gasteiger partial charge < -0.3 is 14.9 Å². The number of hydrogen-bond donors (Lipinski definition) is 0. The van der Waals surface area contributed by atoms with Crippen molar-refractivity contribution in [1.82, 2.24) is 9.78 Å². The summed E-state index contributed by atoms with van der Waals surface area (Å²) in [6.07, 6.45) is 0.418. The molecule has 1 aliphatic heterocycles. The number of nitrogens with zero attached hydrogens (tertiary/aromatic N) is 4. The van der Waals surface area contributed by atoms with Crippen molar-refractivity contribution in [2.45, 2.75) is 12.6 Å². The molecule has 0 bridgehead atoms. The van der Waals surface area contributed by atoms with Crippen molar-refractivity contribution in [3.05, 3.63) is 52.7 Å². The molecular formula is C13H12N4O4. The van der Waals surface area contributed by atoms with E-state index in [1.807, 2.05) is 18.2 Å². The van der Waals surface area contributed by atoms with E-state index in [9.17, 15) is 14.9 Å². The smallest absolute Gasteiger partial charge is 0.414 e. The zero-order valence-electron chi connectivity index (χ0n) is 11.0. The SMILES string of the molecule is O=C1O[C@@H](Cn2nccc2[N+](=O)[O-])CN1c1ccccc1. The van der Waals surface area contributed by atoms with Crippen LogP contribution in [0, 0.1) is 10.1 Å². The van der Waals surface area contributed by atoms with Crippen LogP contribution in [0.1, 0.15) is 0 Å². The number of nitro groups is 1. The van der Waals surface area contributed by atoms with Crippen molar-refractivity contribution in [2.75, 3.05) is 11.4 Å². The number of benzene rings is 1. The fourth-order valence-corrected chi connectivity index (χ4v) is 2.25. The highest BCUT2D eigenvalue weighted by Gasteiger charge is 2.34. The number of amides is 1. The second-order valence-electron chi connectivity index (χ2n) is 4.58. The third-order valence-corrected chi connectivity index (χ3v) is 3.20. The van der Waals surface area contributed by atoms with Gasteiger partial charge in [-0.1, -0.05) is 23.3 Å². The molecule has 0 saturated carbocycles. The Balaban J connectivity index is 1.73. The number of rotatable bonds is 4. The van der Waals surface area contributed by atoms with E-state index < -0.39 is 17.1 Å². The summed E-state index contributed by atoms with van der Waals surface area (Å²) in [6.45, 7) is 0.484. The molecule has 1 saturated heterocycles. The molecule has 1 aliphatic rings. The van der Waals surface area contributed by atoms with Gasteiger partial charge in [-0.3, -0.25) is 4.90 Å². The van der Waals surface area contributed by atoms with Crippen LogP contribution in [-0.4, -0.2) is 33.4 Å². The normalized spacial score (nSPS) is 17.8. The van der Waals surface area contributed by atoms with Crippen LogP contribution in [0.2, 0.25) is 0 Å². The van der Waals surface area contributed by atoms with Crippen molar-refractivity contribution in [1.29, 1.82) is 0 Å². The van der Waals surface area contributed by atoms with Crippen molar-refractivity contribution < 1.29 is 14.5 Å². The zero-order chi connectivity index (χ0) is 14.8. The Bertz CT molecular complexity index is 670. The lowest BCUT2D eigenvalue weighted by Gasteiger charge is -2.11. The average molecular weight is 288 g/mol. The van der Waals surface area contributed by atoms with E-state index in [0.717, 1.165) is 5.69 Å². The van der Waals surface area contributed by atoms with Gasteiger partial charge in [0.2, 0.25) is 0 Å². The molecule has 2 aromatic rings. The lowest BCUT2D eigenvalue weighted by Crippen LogP contribution is -2.26. The predicted octanol–water partition coefficient (Wildman–Crippen LogP) is 1.82. The summed E-state index contributed by atoms with van der Waals surface area (Å²) >= 11 is 0. The zero-order valence-corrected chi connectivity index (χ0v) is 11.0. The third kappa shape index (κ3) is 2.55. The van der Waals surface area contributed by atoms with Crippen LogP contribution < -0.4 is 4.90 Å². The van der Waals surface area contributed by atoms with Crippen molar-refractivity contribution >= 4 is 17.6 Å². The van der Waals surface area contributed by atoms with Crippen LogP contribution in [0.5, 0.6) is 0 Å². The minimum atomic E-state index is -0.515. The van der Waals surface area contributed by atoms with E-state index in [1.165, 1.54) is 21.8 Å². The Morgan fingerprint density at radius 3 is 2.81 bits per heavy atom. The quantitative estimate of drug-likeness (QED) is 0.632. The standard InChI is InChI=1S/C13H12N4O4/c18-13-15(10-4-2-1-3-5-10)8-11(21-13)9-16-12(17(19)20)6-7-14-16/h1-7,11H,8-9H2/t11-/m1/s1. The number of aromatic nitrogens is 2. The van der Waals surface area contributed by atoms with Crippen LogP contribution in [0.4, 0.5) is 16.3 Å². The number of hydrogen-bond acceptors (Lipinski definition) is 5. The number of carbonyl (C=O) groups is 1. The van der Waals surface area contributed by atoms with Crippen LogP contribution in [0.25, 0.3) is 0 Å². The topological polar surface area (TPSA) is 90.5 Å². The molecule has 21 heavy (non-hydrogen) atoms. The monoisotopic (exact) mass is 288 g/mol. The Hall–Kier alpha value is -2.90. The van der Waals surface area contributed by atoms with Crippen molar-refractivity contribution in [2.24, 2.45) is 0 Å². The molecule has 1 amide bonds. The fourth-order valence-electron chi connectivity index (χ4n) is 2.25. The van der Waals surface area contributed by atoms with Crippen LogP contribution in [-0.2, 0) is 11.3 Å². The van der Waals surface area contributed by atoms with E-state index in [1.54, 1.807) is 12.1 Å². The number of anilines is 1. The van der Waals surface area contributed by atoms with E-state index in [4.69, 9.17) is 4.74 Å². The maximum atomic E-state index is 11.9. The molecule has 108 valence electrons. The molecule has 1 aromatic heterocycles. The van der Waals surface area contributed by atoms with E-state index >= 15 is 0 Å². The summed E-state index contributed by atoms with van der Waals surface area (Å²) in [7, 11) is 0. The summed E-state index contributed by atoms with van der Waals surface area (Å²) in [6, 6.07) is 10.4. The first-order valence-corrected chi connectivity index (χ1v) is 6.34. The van der Waals surface area contributed by atoms with Crippen LogP contribution in [0.15, 0.2) is 42.6 Å². The van der Waals surface area contributed by atoms with E-state index in [0.29, 0.717) is 6.54 Å². The Morgan fingerprint density at radius 1 is 1.33 bits per heavy atom. The predicted molar refractivity (Wildman–Crippen MR) is 72.9 cm³/mol. The van der Waals surface area contributed by atoms with Gasteiger partial charge in [-0.05, 0) is 17.1 Å². The Morgan fingerprint density at radius 2 is 2.10 bits per heavy atom. The van der Waals surface area contributed by atoms with Gasteiger partial charge in [0.25, 0.3) is 0 Å². The van der Waals surface area contributed by atoms with Crippen molar-refractivity contribution in [3.8, 4) is 0 Å². The van der Waals surface area contributed by atoms with Gasteiger partial charge in [0.1, 0.15) is 0 Å². The molecule has 8 nitrogen and oxygen atoms in total. The number of ether oxygens (including phenoxy) is 1. The highest BCUT2D eigenvalue weighted by atomic mass is 16.6. The lowest BCUT2D eigenvalue weighted by molar-refractivity contribution is -0.392. The molecule has 0 spiro atoms. The van der Waals surface area contributed by atoms with E-state index in [2.05, 4.69) is 5.10 Å². The first kappa shape index (κ1) is 13.1. The highest BCUT2D eigenvalue weighted by molar-refractivity contribution is 5.89. The molecular weight excluding hydrogens is 276 g/mol. The summed E-state index contributed by atoms with van der Waals surface area (Å²) in [5, 5.41) is 14.7. The molecule has 0 unspecified atom stereocenters. The van der Waals surface area contributed by atoms with Gasteiger partial charge in [0.05, 0.1) is 18.8 Å². The first-order chi connectivity index (χ1) is 10.1. The third-order valence-electron chi connectivity index (χ3n) is 3.20. The number of carbonyl (C=O) groups excluding carboxylic acids is 1. The molecule has 1 atom stereocenters. The van der Waals surface area contributed by atoms with Crippen molar-refractivity contribution in [3.63, 3.8) is 0 Å². The molecule has 2 heterocycles. The minimum Gasteiger partial charge on any atom is -0.440 e. The maximum Gasteiger partial charge on any atom is 0.414 e. The summed E-state index contributed by atoms with van der Waals surface area (Å²) in [4.78, 5) is 23.7. The maximum absolute atomic E-state index is 11.9. The summed E-state index contributed by atoms with van der Waals surface area (Å²) in [5.74, 6) is -0.121. The molecule has 1 aromatic carbocycles. The summed E-state index contributed by atoms with van der Waals surface area (Å²) in [5.41, 5.74) is 0.736. The van der Waals surface area contributed by atoms with Crippen LogP contribution in [0.3, 0.4) is 0 Å². The Kier molecular flexibility index (Phi) is 3.27. The second-order valence-corrected chi connectivity index (χ2v) is 4.58. The largest absolute Gasteiger partial charge is 0.440 e. The number of para-hydroxylation sites is 1. The van der Waals surface area contributed by atoms with Gasteiger partial charge in [-0.2, -0.15) is 0 Å². The average Bonchev–Trinajstić information content (AvgIpc) is 3.07. The molecule has 0 radical (unpaired) electrons.